The Hall–Kier alpha value is -0.830. The standard InChI is InChI=1S/C17H31N3/c1-13-14(12-19-20(13)5)11-18-16-8-6-7-15(9-10-16)17(2,3)4/h12,15-16,18H,6-11H2,1-5H3. The molecular formula is C17H31N3. The molecule has 1 heterocycles. The first-order valence-electron chi connectivity index (χ1n) is 8.09. The minimum Gasteiger partial charge on any atom is -0.310 e. The first-order chi connectivity index (χ1) is 9.38. The highest BCUT2D eigenvalue weighted by Gasteiger charge is 2.27. The fraction of sp³-hybridized carbons (Fsp3) is 0.824. The van der Waals surface area contributed by atoms with Crippen LogP contribution in [0.15, 0.2) is 6.20 Å². The molecule has 1 N–H and O–H groups in total. The van der Waals surface area contributed by atoms with E-state index in [2.05, 4.69) is 38.1 Å². The van der Waals surface area contributed by atoms with Crippen LogP contribution in [0.2, 0.25) is 0 Å². The molecule has 0 radical (unpaired) electrons. The molecule has 0 amide bonds. The summed E-state index contributed by atoms with van der Waals surface area (Å²) in [6, 6.07) is 0.682. The highest BCUT2D eigenvalue weighted by atomic mass is 15.3. The van der Waals surface area contributed by atoms with E-state index < -0.39 is 0 Å². The summed E-state index contributed by atoms with van der Waals surface area (Å²) < 4.78 is 1.96. The molecule has 1 fully saturated rings. The number of aromatic nitrogens is 2. The molecule has 1 saturated carbocycles. The molecule has 1 aliphatic carbocycles. The molecule has 0 spiro atoms. The zero-order valence-electron chi connectivity index (χ0n) is 13.9. The van der Waals surface area contributed by atoms with Crippen LogP contribution in [0.1, 0.15) is 64.1 Å². The third-order valence-electron chi connectivity index (χ3n) is 5.11. The van der Waals surface area contributed by atoms with Gasteiger partial charge in [0.25, 0.3) is 0 Å². The third kappa shape index (κ3) is 3.85. The van der Waals surface area contributed by atoms with Crippen LogP contribution in [0.3, 0.4) is 0 Å². The number of rotatable bonds is 3. The van der Waals surface area contributed by atoms with E-state index in [0.29, 0.717) is 11.5 Å². The summed E-state index contributed by atoms with van der Waals surface area (Å²) >= 11 is 0. The van der Waals surface area contributed by atoms with Crippen molar-refractivity contribution in [1.29, 1.82) is 0 Å². The zero-order valence-corrected chi connectivity index (χ0v) is 13.9. The lowest BCUT2D eigenvalue weighted by molar-refractivity contribution is 0.213. The maximum absolute atomic E-state index is 4.32. The summed E-state index contributed by atoms with van der Waals surface area (Å²) in [4.78, 5) is 0. The molecule has 1 aromatic rings. The van der Waals surface area contributed by atoms with E-state index in [1.807, 2.05) is 17.9 Å². The average molecular weight is 277 g/mol. The predicted molar refractivity (Wildman–Crippen MR) is 84.6 cm³/mol. The molecule has 0 aliphatic heterocycles. The van der Waals surface area contributed by atoms with Gasteiger partial charge in [0.05, 0.1) is 6.20 Å². The molecule has 114 valence electrons. The molecular weight excluding hydrogens is 246 g/mol. The van der Waals surface area contributed by atoms with Crippen molar-refractivity contribution >= 4 is 0 Å². The van der Waals surface area contributed by atoms with E-state index >= 15 is 0 Å². The molecule has 0 aromatic carbocycles. The largest absolute Gasteiger partial charge is 0.310 e. The minimum atomic E-state index is 0.467. The van der Waals surface area contributed by atoms with Crippen molar-refractivity contribution in [3.8, 4) is 0 Å². The molecule has 1 aromatic heterocycles. The number of hydrogen-bond donors (Lipinski definition) is 1. The van der Waals surface area contributed by atoms with Crippen molar-refractivity contribution in [1.82, 2.24) is 15.1 Å². The first kappa shape index (κ1) is 15.6. The van der Waals surface area contributed by atoms with Gasteiger partial charge in [-0.1, -0.05) is 27.2 Å². The second kappa shape index (κ2) is 6.30. The van der Waals surface area contributed by atoms with Gasteiger partial charge in [0.1, 0.15) is 0 Å². The van der Waals surface area contributed by atoms with E-state index in [1.165, 1.54) is 43.4 Å². The Kier molecular flexibility index (Phi) is 4.90. The van der Waals surface area contributed by atoms with Crippen molar-refractivity contribution in [3.05, 3.63) is 17.5 Å². The van der Waals surface area contributed by atoms with Crippen molar-refractivity contribution in [2.45, 2.75) is 72.4 Å². The van der Waals surface area contributed by atoms with Gasteiger partial charge in [0, 0.05) is 30.9 Å². The normalized spacial score (nSPS) is 24.6. The van der Waals surface area contributed by atoms with Crippen molar-refractivity contribution in [3.63, 3.8) is 0 Å². The van der Waals surface area contributed by atoms with Crippen LogP contribution in [-0.2, 0) is 13.6 Å². The van der Waals surface area contributed by atoms with Crippen molar-refractivity contribution in [2.24, 2.45) is 18.4 Å². The highest BCUT2D eigenvalue weighted by molar-refractivity contribution is 5.15. The van der Waals surface area contributed by atoms with Gasteiger partial charge < -0.3 is 5.32 Å². The quantitative estimate of drug-likeness (QED) is 0.851. The second-order valence-corrected chi connectivity index (χ2v) is 7.53. The van der Waals surface area contributed by atoms with Crippen molar-refractivity contribution in [2.75, 3.05) is 0 Å². The molecule has 20 heavy (non-hydrogen) atoms. The van der Waals surface area contributed by atoms with Gasteiger partial charge in [-0.05, 0) is 43.9 Å². The molecule has 3 heteroatoms. The van der Waals surface area contributed by atoms with E-state index in [0.717, 1.165) is 12.5 Å². The fourth-order valence-electron chi connectivity index (χ4n) is 3.34. The lowest BCUT2D eigenvalue weighted by Crippen LogP contribution is -2.28. The Labute approximate surface area is 124 Å². The maximum atomic E-state index is 4.32. The van der Waals surface area contributed by atoms with Crippen LogP contribution in [-0.4, -0.2) is 15.8 Å². The van der Waals surface area contributed by atoms with Crippen LogP contribution < -0.4 is 5.32 Å². The predicted octanol–water partition coefficient (Wildman–Crippen LogP) is 3.81. The second-order valence-electron chi connectivity index (χ2n) is 7.53. The van der Waals surface area contributed by atoms with Crippen LogP contribution in [0.5, 0.6) is 0 Å². The monoisotopic (exact) mass is 277 g/mol. The van der Waals surface area contributed by atoms with Crippen molar-refractivity contribution < 1.29 is 0 Å². The lowest BCUT2D eigenvalue weighted by Gasteiger charge is -2.29. The van der Waals surface area contributed by atoms with Gasteiger partial charge in [0.15, 0.2) is 0 Å². The maximum Gasteiger partial charge on any atom is 0.0537 e. The summed E-state index contributed by atoms with van der Waals surface area (Å²) in [5.41, 5.74) is 3.08. The Bertz CT molecular complexity index is 428. The smallest absolute Gasteiger partial charge is 0.0537 e. The zero-order chi connectivity index (χ0) is 14.8. The van der Waals surface area contributed by atoms with Crippen LogP contribution >= 0.6 is 0 Å². The Balaban J connectivity index is 1.84. The van der Waals surface area contributed by atoms with Crippen LogP contribution in [0.25, 0.3) is 0 Å². The van der Waals surface area contributed by atoms with E-state index in [9.17, 15) is 0 Å². The minimum absolute atomic E-state index is 0.467. The summed E-state index contributed by atoms with van der Waals surface area (Å²) in [6.45, 7) is 10.3. The molecule has 2 atom stereocenters. The molecule has 2 rings (SSSR count). The van der Waals surface area contributed by atoms with Gasteiger partial charge in [-0.15, -0.1) is 0 Å². The topological polar surface area (TPSA) is 29.9 Å². The van der Waals surface area contributed by atoms with Crippen LogP contribution in [0, 0.1) is 18.3 Å². The molecule has 0 bridgehead atoms. The van der Waals surface area contributed by atoms with Gasteiger partial charge >= 0.3 is 0 Å². The number of nitrogens with one attached hydrogen (secondary N) is 1. The molecule has 0 saturated heterocycles. The van der Waals surface area contributed by atoms with E-state index in [4.69, 9.17) is 0 Å². The first-order valence-corrected chi connectivity index (χ1v) is 8.09. The van der Waals surface area contributed by atoms with Gasteiger partial charge in [0.2, 0.25) is 0 Å². The molecule has 2 unspecified atom stereocenters. The summed E-state index contributed by atoms with van der Waals surface area (Å²) in [5.74, 6) is 0.884. The average Bonchev–Trinajstić information content (AvgIpc) is 2.59. The number of hydrogen-bond acceptors (Lipinski definition) is 2. The summed E-state index contributed by atoms with van der Waals surface area (Å²) in [6.07, 6.45) is 8.77. The summed E-state index contributed by atoms with van der Waals surface area (Å²) in [5, 5.41) is 8.07. The van der Waals surface area contributed by atoms with Crippen LogP contribution in [0.4, 0.5) is 0 Å². The molecule has 3 nitrogen and oxygen atoms in total. The molecule has 1 aliphatic rings. The fourth-order valence-corrected chi connectivity index (χ4v) is 3.34. The Morgan fingerprint density at radius 1 is 1.25 bits per heavy atom. The van der Waals surface area contributed by atoms with Gasteiger partial charge in [-0.3, -0.25) is 4.68 Å². The number of nitrogens with zero attached hydrogens (tertiary/aromatic N) is 2. The SMILES string of the molecule is Cc1c(CNC2CCCC(C(C)(C)C)CC2)cnn1C. The summed E-state index contributed by atoms with van der Waals surface area (Å²) in [7, 11) is 2.01. The number of aryl methyl sites for hydroxylation is 1. The lowest BCUT2D eigenvalue weighted by atomic mass is 9.76. The van der Waals surface area contributed by atoms with E-state index in [1.54, 1.807) is 0 Å². The van der Waals surface area contributed by atoms with Gasteiger partial charge in [-0.2, -0.15) is 5.10 Å². The Morgan fingerprint density at radius 2 is 2.00 bits per heavy atom. The third-order valence-corrected chi connectivity index (χ3v) is 5.11. The Morgan fingerprint density at radius 3 is 2.60 bits per heavy atom. The van der Waals surface area contributed by atoms with Gasteiger partial charge in [-0.25, -0.2) is 0 Å². The van der Waals surface area contributed by atoms with E-state index in [-0.39, 0.29) is 0 Å². The highest BCUT2D eigenvalue weighted by Crippen LogP contribution is 2.36.